The summed E-state index contributed by atoms with van der Waals surface area (Å²) >= 11 is 0. The normalized spacial score (nSPS) is 21.8. The summed E-state index contributed by atoms with van der Waals surface area (Å²) in [5.41, 5.74) is 0. The van der Waals surface area contributed by atoms with Gasteiger partial charge in [-0.2, -0.15) is 0 Å². The second-order valence-corrected chi connectivity index (χ2v) is 4.89. The summed E-state index contributed by atoms with van der Waals surface area (Å²) in [4.78, 5) is 14.3. The fourth-order valence-electron chi connectivity index (χ4n) is 2.34. The van der Waals surface area contributed by atoms with Gasteiger partial charge in [0.1, 0.15) is 0 Å². The molecule has 102 valence electrons. The molecular formula is C13H27ClN2O. The Balaban J connectivity index is 0.00000256. The van der Waals surface area contributed by atoms with Crippen molar-refractivity contribution in [2.45, 2.75) is 52.5 Å². The first-order valence-corrected chi connectivity index (χ1v) is 6.71. The summed E-state index contributed by atoms with van der Waals surface area (Å²) in [6.45, 7) is 9.16. The van der Waals surface area contributed by atoms with Gasteiger partial charge in [0, 0.05) is 31.6 Å². The average molecular weight is 263 g/mol. The number of halogens is 1. The predicted octanol–water partition coefficient (Wildman–Crippen LogP) is 2.44. The van der Waals surface area contributed by atoms with Gasteiger partial charge in [-0.25, -0.2) is 0 Å². The standard InChI is InChI=1S/C13H26N2O.ClH/c1-4-6-7-12(5-2)13(16)15-9-8-14-11(3)10-15;/h11-12,14H,4-10H2,1-3H3;1H. The van der Waals surface area contributed by atoms with Crippen molar-refractivity contribution in [3.63, 3.8) is 0 Å². The third-order valence-corrected chi connectivity index (χ3v) is 3.43. The zero-order valence-corrected chi connectivity index (χ0v) is 12.2. The Bertz CT molecular complexity index is 223. The van der Waals surface area contributed by atoms with Crippen molar-refractivity contribution >= 4 is 18.3 Å². The maximum atomic E-state index is 12.3. The Morgan fingerprint density at radius 1 is 1.47 bits per heavy atom. The van der Waals surface area contributed by atoms with E-state index in [-0.39, 0.29) is 18.3 Å². The molecule has 0 bridgehead atoms. The number of nitrogens with one attached hydrogen (secondary N) is 1. The smallest absolute Gasteiger partial charge is 0.225 e. The Morgan fingerprint density at radius 3 is 2.71 bits per heavy atom. The Hall–Kier alpha value is -0.280. The van der Waals surface area contributed by atoms with Crippen LogP contribution < -0.4 is 5.32 Å². The highest BCUT2D eigenvalue weighted by molar-refractivity contribution is 5.85. The molecule has 1 rings (SSSR count). The first-order chi connectivity index (χ1) is 7.69. The minimum atomic E-state index is 0. The molecule has 17 heavy (non-hydrogen) atoms. The number of hydrogen-bond donors (Lipinski definition) is 1. The summed E-state index contributed by atoms with van der Waals surface area (Å²) in [6.07, 6.45) is 4.40. The first kappa shape index (κ1) is 16.7. The molecule has 2 atom stereocenters. The molecule has 1 aliphatic rings. The number of unbranched alkanes of at least 4 members (excludes halogenated alkanes) is 1. The SMILES string of the molecule is CCCCC(CC)C(=O)N1CCNC(C)C1.Cl. The van der Waals surface area contributed by atoms with Crippen LogP contribution in [0.1, 0.15) is 46.5 Å². The molecule has 1 aliphatic heterocycles. The Kier molecular flexibility index (Phi) is 8.61. The number of carbonyl (C=O) groups excluding carboxylic acids is 1. The molecule has 1 amide bonds. The van der Waals surface area contributed by atoms with Crippen molar-refractivity contribution in [1.29, 1.82) is 0 Å². The van der Waals surface area contributed by atoms with Crippen LogP contribution in [0.2, 0.25) is 0 Å². The molecule has 1 saturated heterocycles. The molecule has 0 radical (unpaired) electrons. The highest BCUT2D eigenvalue weighted by Crippen LogP contribution is 2.16. The summed E-state index contributed by atoms with van der Waals surface area (Å²) in [5, 5.41) is 3.37. The van der Waals surface area contributed by atoms with E-state index < -0.39 is 0 Å². The molecule has 0 aromatic rings. The fourth-order valence-corrected chi connectivity index (χ4v) is 2.34. The van der Waals surface area contributed by atoms with E-state index in [1.165, 1.54) is 12.8 Å². The lowest BCUT2D eigenvalue weighted by Gasteiger charge is -2.34. The highest BCUT2D eigenvalue weighted by atomic mass is 35.5. The van der Waals surface area contributed by atoms with E-state index in [0.29, 0.717) is 11.9 Å². The first-order valence-electron chi connectivity index (χ1n) is 6.71. The molecule has 2 unspecified atom stereocenters. The van der Waals surface area contributed by atoms with Crippen LogP contribution in [0, 0.1) is 5.92 Å². The number of amides is 1. The molecule has 1 N–H and O–H groups in total. The minimum absolute atomic E-state index is 0. The molecule has 4 heteroatoms. The Labute approximate surface area is 112 Å². The van der Waals surface area contributed by atoms with Crippen molar-refractivity contribution in [2.24, 2.45) is 5.92 Å². The molecule has 1 heterocycles. The highest BCUT2D eigenvalue weighted by Gasteiger charge is 2.25. The van der Waals surface area contributed by atoms with Crippen molar-refractivity contribution in [2.75, 3.05) is 19.6 Å². The quantitative estimate of drug-likeness (QED) is 0.826. The second-order valence-electron chi connectivity index (χ2n) is 4.89. The van der Waals surface area contributed by atoms with Gasteiger partial charge in [0.05, 0.1) is 0 Å². The summed E-state index contributed by atoms with van der Waals surface area (Å²) in [7, 11) is 0. The van der Waals surface area contributed by atoms with Crippen LogP contribution >= 0.6 is 12.4 Å². The molecule has 0 spiro atoms. The molecule has 1 fully saturated rings. The molecule has 0 aromatic heterocycles. The lowest BCUT2D eigenvalue weighted by Crippen LogP contribution is -2.52. The number of hydrogen-bond acceptors (Lipinski definition) is 2. The monoisotopic (exact) mass is 262 g/mol. The maximum Gasteiger partial charge on any atom is 0.225 e. The molecule has 0 aromatic carbocycles. The van der Waals surface area contributed by atoms with E-state index >= 15 is 0 Å². The van der Waals surface area contributed by atoms with Gasteiger partial charge < -0.3 is 10.2 Å². The number of nitrogens with zero attached hydrogens (tertiary/aromatic N) is 1. The lowest BCUT2D eigenvalue weighted by atomic mass is 9.97. The fraction of sp³-hybridized carbons (Fsp3) is 0.923. The van der Waals surface area contributed by atoms with E-state index in [1.54, 1.807) is 0 Å². The zero-order valence-electron chi connectivity index (χ0n) is 11.4. The van der Waals surface area contributed by atoms with Gasteiger partial charge in [-0.15, -0.1) is 12.4 Å². The van der Waals surface area contributed by atoms with Crippen LogP contribution in [0.4, 0.5) is 0 Å². The van der Waals surface area contributed by atoms with E-state index in [0.717, 1.165) is 32.5 Å². The van der Waals surface area contributed by atoms with Gasteiger partial charge in [0.2, 0.25) is 5.91 Å². The van der Waals surface area contributed by atoms with Crippen LogP contribution in [-0.4, -0.2) is 36.5 Å². The summed E-state index contributed by atoms with van der Waals surface area (Å²) < 4.78 is 0. The van der Waals surface area contributed by atoms with Crippen LogP contribution in [0.5, 0.6) is 0 Å². The van der Waals surface area contributed by atoms with E-state index in [4.69, 9.17) is 0 Å². The van der Waals surface area contributed by atoms with Crippen LogP contribution in [0.3, 0.4) is 0 Å². The van der Waals surface area contributed by atoms with Gasteiger partial charge in [0.25, 0.3) is 0 Å². The maximum absolute atomic E-state index is 12.3. The van der Waals surface area contributed by atoms with E-state index in [2.05, 4.69) is 26.1 Å². The third kappa shape index (κ3) is 5.26. The van der Waals surface area contributed by atoms with Crippen molar-refractivity contribution in [1.82, 2.24) is 10.2 Å². The summed E-state index contributed by atoms with van der Waals surface area (Å²) in [5.74, 6) is 0.634. The average Bonchev–Trinajstić information content (AvgIpc) is 2.29. The van der Waals surface area contributed by atoms with Gasteiger partial charge in [-0.05, 0) is 19.8 Å². The van der Waals surface area contributed by atoms with Gasteiger partial charge in [-0.3, -0.25) is 4.79 Å². The third-order valence-electron chi connectivity index (χ3n) is 3.43. The molecule has 0 aliphatic carbocycles. The largest absolute Gasteiger partial charge is 0.340 e. The lowest BCUT2D eigenvalue weighted by molar-refractivity contribution is -0.137. The molecule has 0 saturated carbocycles. The Morgan fingerprint density at radius 2 is 2.18 bits per heavy atom. The van der Waals surface area contributed by atoms with Crippen LogP contribution in [0.25, 0.3) is 0 Å². The second kappa shape index (κ2) is 8.76. The predicted molar refractivity (Wildman–Crippen MR) is 74.6 cm³/mol. The summed E-state index contributed by atoms with van der Waals surface area (Å²) in [6, 6.07) is 0.446. The molecular weight excluding hydrogens is 236 g/mol. The van der Waals surface area contributed by atoms with E-state index in [9.17, 15) is 4.79 Å². The van der Waals surface area contributed by atoms with Crippen molar-refractivity contribution in [3.8, 4) is 0 Å². The number of piperazine rings is 1. The van der Waals surface area contributed by atoms with Gasteiger partial charge >= 0.3 is 0 Å². The van der Waals surface area contributed by atoms with Crippen LogP contribution in [0.15, 0.2) is 0 Å². The van der Waals surface area contributed by atoms with E-state index in [1.807, 2.05) is 4.90 Å². The van der Waals surface area contributed by atoms with Gasteiger partial charge in [0.15, 0.2) is 0 Å². The zero-order chi connectivity index (χ0) is 12.0. The van der Waals surface area contributed by atoms with Crippen molar-refractivity contribution < 1.29 is 4.79 Å². The topological polar surface area (TPSA) is 32.3 Å². The van der Waals surface area contributed by atoms with Gasteiger partial charge in [-0.1, -0.05) is 26.7 Å². The van der Waals surface area contributed by atoms with Crippen molar-refractivity contribution in [3.05, 3.63) is 0 Å². The van der Waals surface area contributed by atoms with Crippen LogP contribution in [-0.2, 0) is 4.79 Å². The molecule has 3 nitrogen and oxygen atoms in total. The number of carbonyl (C=O) groups is 1. The number of rotatable bonds is 5. The minimum Gasteiger partial charge on any atom is -0.340 e.